The zero-order valence-corrected chi connectivity index (χ0v) is 38.7. The predicted molar refractivity (Wildman–Crippen MR) is 243 cm³/mol. The van der Waals surface area contributed by atoms with Gasteiger partial charge in [-0.25, -0.2) is 0 Å². The van der Waals surface area contributed by atoms with Gasteiger partial charge in [-0.15, -0.1) is 0 Å². The van der Waals surface area contributed by atoms with Crippen LogP contribution >= 0.6 is 0 Å². The third-order valence-electron chi connectivity index (χ3n) is 10.7. The van der Waals surface area contributed by atoms with Crippen LogP contribution in [0.5, 0.6) is 0 Å². The molecule has 0 unspecified atom stereocenters. The molecular weight excluding hydrogens is 711 g/mol. The normalized spacial score (nSPS) is 11.3. The number of hydrogen-bond donors (Lipinski definition) is 1. The van der Waals surface area contributed by atoms with Gasteiger partial charge in [0, 0.05) is 19.3 Å². The van der Waals surface area contributed by atoms with Crippen LogP contribution in [0, 0.1) is 0 Å². The minimum Gasteiger partial charge on any atom is -0.462 e. The van der Waals surface area contributed by atoms with E-state index in [0.29, 0.717) is 32.4 Å². The summed E-state index contributed by atoms with van der Waals surface area (Å²) in [6.07, 6.45) is 44.1. The van der Waals surface area contributed by atoms with Crippen molar-refractivity contribution in [1.82, 2.24) is 0 Å². The van der Waals surface area contributed by atoms with Gasteiger partial charge in [-0.05, 0) is 90.0 Å². The Morgan fingerprint density at radius 3 is 1.16 bits per heavy atom. The molecule has 0 aliphatic carbocycles. The van der Waals surface area contributed by atoms with Crippen molar-refractivity contribution in [2.45, 2.75) is 278 Å². The number of ether oxygens (including phenoxy) is 3. The molecule has 0 aliphatic heterocycles. The molecule has 0 aliphatic rings. The number of nitrogens with two attached hydrogens (primary N) is 1. The Bertz CT molecular complexity index is 851. The molecule has 57 heavy (non-hydrogen) atoms. The van der Waals surface area contributed by atoms with Gasteiger partial charge in [0.2, 0.25) is 0 Å². The molecule has 0 rings (SSSR count). The zero-order chi connectivity index (χ0) is 42.3. The Hall–Kier alpha value is -1.89. The van der Waals surface area contributed by atoms with E-state index in [-0.39, 0.29) is 30.1 Å². The Balaban J connectivity index is 0. The maximum atomic E-state index is 12.4. The topological polar surface area (TPSA) is 105 Å². The van der Waals surface area contributed by atoms with E-state index in [2.05, 4.69) is 40.7 Å². The fourth-order valence-electron chi connectivity index (χ4n) is 6.97. The van der Waals surface area contributed by atoms with Crippen LogP contribution in [-0.2, 0) is 28.6 Å². The molecule has 0 fully saturated rings. The van der Waals surface area contributed by atoms with E-state index in [9.17, 15) is 14.4 Å². The van der Waals surface area contributed by atoms with Crippen LogP contribution in [0.25, 0.3) is 0 Å². The summed E-state index contributed by atoms with van der Waals surface area (Å²) < 4.78 is 16.8. The molecule has 0 bridgehead atoms. The molecule has 0 atom stereocenters. The number of esters is 3. The molecule has 338 valence electrons. The van der Waals surface area contributed by atoms with Crippen molar-refractivity contribution in [2.75, 3.05) is 13.2 Å². The third-order valence-corrected chi connectivity index (χ3v) is 10.7. The lowest BCUT2D eigenvalue weighted by Crippen LogP contribution is -2.19. The fourth-order valence-corrected chi connectivity index (χ4v) is 6.97. The smallest absolute Gasteiger partial charge is 0.306 e. The molecule has 0 spiro atoms. The predicted octanol–water partition coefficient (Wildman–Crippen LogP) is 15.0. The molecule has 7 nitrogen and oxygen atoms in total. The molecule has 0 aromatic carbocycles. The van der Waals surface area contributed by atoms with Gasteiger partial charge >= 0.3 is 17.9 Å². The van der Waals surface area contributed by atoms with E-state index in [1.165, 1.54) is 141 Å². The van der Waals surface area contributed by atoms with Gasteiger partial charge in [0.15, 0.2) is 0 Å². The quantitative estimate of drug-likeness (QED) is 0.0283. The van der Waals surface area contributed by atoms with Gasteiger partial charge in [-0.2, -0.15) is 0 Å². The second-order valence-corrected chi connectivity index (χ2v) is 16.5. The van der Waals surface area contributed by atoms with Crippen LogP contribution in [0.2, 0.25) is 0 Å². The molecular formula is C50H97NO6. The Morgan fingerprint density at radius 2 is 0.737 bits per heavy atom. The number of carbonyl (C=O) groups excluding carboxylic acids is 3. The van der Waals surface area contributed by atoms with E-state index in [0.717, 1.165) is 70.6 Å². The van der Waals surface area contributed by atoms with E-state index in [1.807, 2.05) is 6.08 Å². The van der Waals surface area contributed by atoms with Crippen molar-refractivity contribution in [3.05, 3.63) is 12.2 Å². The minimum atomic E-state index is -0.102. The second kappa shape index (κ2) is 48.5. The van der Waals surface area contributed by atoms with E-state index in [4.69, 9.17) is 19.9 Å². The van der Waals surface area contributed by atoms with Gasteiger partial charge < -0.3 is 19.9 Å². The molecule has 0 amide bonds. The average molecular weight is 808 g/mol. The van der Waals surface area contributed by atoms with E-state index < -0.39 is 0 Å². The highest BCUT2D eigenvalue weighted by atomic mass is 16.5. The molecule has 0 aromatic rings. The van der Waals surface area contributed by atoms with Gasteiger partial charge in [0.25, 0.3) is 0 Å². The highest BCUT2D eigenvalue weighted by Gasteiger charge is 2.15. The first-order valence-electron chi connectivity index (χ1n) is 24.8. The van der Waals surface area contributed by atoms with Crippen molar-refractivity contribution in [2.24, 2.45) is 5.73 Å². The summed E-state index contributed by atoms with van der Waals surface area (Å²) in [5.74, 6) is -0.185. The number of carbonyl (C=O) groups is 3. The summed E-state index contributed by atoms with van der Waals surface area (Å²) in [4.78, 5) is 36.0. The zero-order valence-electron chi connectivity index (χ0n) is 38.7. The standard InChI is InChI=1S/C33H62O4.C17H35NO2/c1-4-7-10-13-14-20-25-30-36-32(34)28-23-18-15-19-24-29-33(35)37-31(26-21-16-11-8-5-2)27-22-17-12-9-6-3;1-3-5-7-9-12-16(13-10-8-6-4-2)20-17(19)14-11-15-18/h20,25,31H,4-19,21-24,26-30H2,1-3H3;16H,3-15,18H2,1-2H3/b25-20-;. The van der Waals surface area contributed by atoms with Crippen molar-refractivity contribution < 1.29 is 28.6 Å². The summed E-state index contributed by atoms with van der Waals surface area (Å²) in [6, 6.07) is 0. The Morgan fingerprint density at radius 1 is 0.404 bits per heavy atom. The SMILES string of the molecule is CCCCCC/C=C\COC(=O)CCCCCCCC(=O)OC(CCCCCCC)CCCCCCC.CCCCCCC(CCCCCC)OC(=O)CCCN. The monoisotopic (exact) mass is 808 g/mol. The Kier molecular flexibility index (Phi) is 48.7. The molecule has 0 aromatic heterocycles. The molecule has 0 radical (unpaired) electrons. The molecule has 2 N–H and O–H groups in total. The summed E-state index contributed by atoms with van der Waals surface area (Å²) in [7, 11) is 0. The largest absolute Gasteiger partial charge is 0.462 e. The first-order valence-corrected chi connectivity index (χ1v) is 24.8. The average Bonchev–Trinajstić information content (AvgIpc) is 3.20. The number of allylic oxidation sites excluding steroid dienone is 1. The lowest BCUT2D eigenvalue weighted by molar-refractivity contribution is -0.151. The van der Waals surface area contributed by atoms with Crippen LogP contribution in [0.15, 0.2) is 12.2 Å². The van der Waals surface area contributed by atoms with Crippen molar-refractivity contribution in [3.63, 3.8) is 0 Å². The summed E-state index contributed by atoms with van der Waals surface area (Å²) in [5, 5.41) is 0. The Labute approximate surface area is 354 Å². The highest BCUT2D eigenvalue weighted by Crippen LogP contribution is 2.19. The first kappa shape index (κ1) is 57.2. The molecule has 0 saturated heterocycles. The summed E-state index contributed by atoms with van der Waals surface area (Å²) in [5.41, 5.74) is 5.43. The van der Waals surface area contributed by atoms with Crippen molar-refractivity contribution in [1.29, 1.82) is 0 Å². The third kappa shape index (κ3) is 46.7. The lowest BCUT2D eigenvalue weighted by atomic mass is 10.0. The summed E-state index contributed by atoms with van der Waals surface area (Å²) >= 11 is 0. The van der Waals surface area contributed by atoms with Crippen LogP contribution in [0.3, 0.4) is 0 Å². The van der Waals surface area contributed by atoms with Crippen LogP contribution in [0.4, 0.5) is 0 Å². The van der Waals surface area contributed by atoms with Gasteiger partial charge in [0.1, 0.15) is 18.8 Å². The van der Waals surface area contributed by atoms with Crippen LogP contribution in [0.1, 0.15) is 266 Å². The van der Waals surface area contributed by atoms with Crippen molar-refractivity contribution in [3.8, 4) is 0 Å². The minimum absolute atomic E-state index is 0.0193. The number of rotatable bonds is 42. The number of hydrogen-bond acceptors (Lipinski definition) is 7. The second-order valence-electron chi connectivity index (χ2n) is 16.5. The van der Waals surface area contributed by atoms with Crippen molar-refractivity contribution >= 4 is 17.9 Å². The maximum Gasteiger partial charge on any atom is 0.306 e. The molecule has 7 heteroatoms. The van der Waals surface area contributed by atoms with E-state index in [1.54, 1.807) is 0 Å². The first-order chi connectivity index (χ1) is 27.9. The maximum absolute atomic E-state index is 12.4. The lowest BCUT2D eigenvalue weighted by Gasteiger charge is -2.18. The molecule has 0 saturated carbocycles. The van der Waals surface area contributed by atoms with Crippen LogP contribution < -0.4 is 5.73 Å². The summed E-state index contributed by atoms with van der Waals surface area (Å²) in [6.45, 7) is 12.1. The van der Waals surface area contributed by atoms with E-state index >= 15 is 0 Å². The highest BCUT2D eigenvalue weighted by molar-refractivity contribution is 5.70. The fraction of sp³-hybridized carbons (Fsp3) is 0.900. The van der Waals surface area contributed by atoms with Gasteiger partial charge in [-0.1, -0.05) is 175 Å². The molecule has 0 heterocycles. The van der Waals surface area contributed by atoms with Gasteiger partial charge in [0.05, 0.1) is 0 Å². The number of unbranched alkanes of at least 4 members (excludes halogenated alkanes) is 22. The van der Waals surface area contributed by atoms with Gasteiger partial charge in [-0.3, -0.25) is 14.4 Å². The van der Waals surface area contributed by atoms with Crippen LogP contribution in [-0.4, -0.2) is 43.3 Å².